The van der Waals surface area contributed by atoms with Gasteiger partial charge in [-0.05, 0) is 36.5 Å². The zero-order chi connectivity index (χ0) is 13.5. The maximum absolute atomic E-state index is 13.7. The fourth-order valence-electron chi connectivity index (χ4n) is 2.30. The van der Waals surface area contributed by atoms with E-state index in [-0.39, 0.29) is 11.9 Å². The largest absolute Gasteiger partial charge is 0.327 e. The molecule has 0 aliphatic heterocycles. The van der Waals surface area contributed by atoms with Crippen molar-refractivity contribution in [2.75, 3.05) is 0 Å². The molecular formula is C15H23BrFN. The molecule has 2 unspecified atom stereocenters. The number of halogens is 2. The molecule has 0 bridgehead atoms. The van der Waals surface area contributed by atoms with Crippen molar-refractivity contribution in [1.29, 1.82) is 0 Å². The molecule has 2 atom stereocenters. The summed E-state index contributed by atoms with van der Waals surface area (Å²) in [4.78, 5) is 0. The van der Waals surface area contributed by atoms with Crippen molar-refractivity contribution in [3.05, 3.63) is 34.1 Å². The van der Waals surface area contributed by atoms with Crippen LogP contribution in [0.2, 0.25) is 0 Å². The molecule has 0 saturated heterocycles. The Morgan fingerprint density at radius 1 is 1.33 bits per heavy atom. The predicted molar refractivity (Wildman–Crippen MR) is 79.1 cm³/mol. The standard InChI is InChI=1S/C15H23BrFN/c1-3-5-6-11(4-2)15(18)9-12-7-8-13(16)10-14(12)17/h7-8,10-11,15H,3-6,9,18H2,1-2H3. The van der Waals surface area contributed by atoms with E-state index in [2.05, 4.69) is 29.8 Å². The van der Waals surface area contributed by atoms with Gasteiger partial charge in [-0.3, -0.25) is 0 Å². The zero-order valence-electron chi connectivity index (χ0n) is 11.3. The monoisotopic (exact) mass is 315 g/mol. The maximum atomic E-state index is 13.7. The van der Waals surface area contributed by atoms with E-state index in [0.29, 0.717) is 12.3 Å². The Morgan fingerprint density at radius 2 is 2.06 bits per heavy atom. The third-order valence-electron chi connectivity index (χ3n) is 3.53. The Morgan fingerprint density at radius 3 is 2.61 bits per heavy atom. The van der Waals surface area contributed by atoms with Crippen LogP contribution in [-0.2, 0) is 6.42 Å². The van der Waals surface area contributed by atoms with Gasteiger partial charge in [-0.25, -0.2) is 4.39 Å². The highest BCUT2D eigenvalue weighted by molar-refractivity contribution is 9.10. The molecule has 0 saturated carbocycles. The van der Waals surface area contributed by atoms with Crippen LogP contribution in [0.25, 0.3) is 0 Å². The average molecular weight is 316 g/mol. The molecule has 0 fully saturated rings. The van der Waals surface area contributed by atoms with Crippen molar-refractivity contribution in [3.8, 4) is 0 Å². The fourth-order valence-corrected chi connectivity index (χ4v) is 2.63. The van der Waals surface area contributed by atoms with E-state index in [1.54, 1.807) is 0 Å². The molecule has 0 aliphatic carbocycles. The lowest BCUT2D eigenvalue weighted by Crippen LogP contribution is -2.32. The van der Waals surface area contributed by atoms with Crippen LogP contribution in [0.5, 0.6) is 0 Å². The summed E-state index contributed by atoms with van der Waals surface area (Å²) < 4.78 is 14.5. The van der Waals surface area contributed by atoms with Gasteiger partial charge in [0.15, 0.2) is 0 Å². The first-order chi connectivity index (χ1) is 8.58. The molecule has 1 rings (SSSR count). The molecule has 0 amide bonds. The van der Waals surface area contributed by atoms with Crippen molar-refractivity contribution in [2.24, 2.45) is 11.7 Å². The average Bonchev–Trinajstić information content (AvgIpc) is 2.34. The summed E-state index contributed by atoms with van der Waals surface area (Å²) >= 11 is 3.27. The molecule has 0 spiro atoms. The van der Waals surface area contributed by atoms with Crippen molar-refractivity contribution < 1.29 is 4.39 Å². The fraction of sp³-hybridized carbons (Fsp3) is 0.600. The molecule has 3 heteroatoms. The van der Waals surface area contributed by atoms with Gasteiger partial charge in [0.25, 0.3) is 0 Å². The van der Waals surface area contributed by atoms with Gasteiger partial charge in [-0.15, -0.1) is 0 Å². The molecule has 1 nitrogen and oxygen atoms in total. The van der Waals surface area contributed by atoms with E-state index in [9.17, 15) is 4.39 Å². The summed E-state index contributed by atoms with van der Waals surface area (Å²) in [6.45, 7) is 4.35. The molecule has 0 heterocycles. The Balaban J connectivity index is 2.64. The summed E-state index contributed by atoms with van der Waals surface area (Å²) in [7, 11) is 0. The number of unbranched alkanes of at least 4 members (excludes halogenated alkanes) is 1. The molecule has 1 aromatic rings. The highest BCUT2D eigenvalue weighted by atomic mass is 79.9. The van der Waals surface area contributed by atoms with Gasteiger partial charge in [0.1, 0.15) is 5.82 Å². The van der Waals surface area contributed by atoms with Crippen LogP contribution in [0.3, 0.4) is 0 Å². The molecular weight excluding hydrogens is 293 g/mol. The second-order valence-electron chi connectivity index (χ2n) is 4.91. The van der Waals surface area contributed by atoms with Gasteiger partial charge in [0.05, 0.1) is 0 Å². The molecule has 0 radical (unpaired) electrons. The summed E-state index contributed by atoms with van der Waals surface area (Å²) in [5.74, 6) is 0.332. The van der Waals surface area contributed by atoms with Gasteiger partial charge < -0.3 is 5.73 Å². The summed E-state index contributed by atoms with van der Waals surface area (Å²) in [5, 5.41) is 0. The van der Waals surface area contributed by atoms with Crippen LogP contribution in [0.1, 0.15) is 45.1 Å². The van der Waals surface area contributed by atoms with Crippen LogP contribution in [-0.4, -0.2) is 6.04 Å². The maximum Gasteiger partial charge on any atom is 0.127 e. The first-order valence-corrected chi connectivity index (χ1v) is 7.57. The van der Waals surface area contributed by atoms with Crippen LogP contribution in [0.4, 0.5) is 4.39 Å². The molecule has 18 heavy (non-hydrogen) atoms. The van der Waals surface area contributed by atoms with E-state index >= 15 is 0 Å². The lowest BCUT2D eigenvalue weighted by molar-refractivity contribution is 0.366. The second-order valence-corrected chi connectivity index (χ2v) is 5.83. The zero-order valence-corrected chi connectivity index (χ0v) is 12.8. The first-order valence-electron chi connectivity index (χ1n) is 6.78. The third-order valence-corrected chi connectivity index (χ3v) is 4.02. The van der Waals surface area contributed by atoms with Crippen LogP contribution in [0, 0.1) is 11.7 Å². The topological polar surface area (TPSA) is 26.0 Å². The molecule has 102 valence electrons. The van der Waals surface area contributed by atoms with Gasteiger partial charge in [-0.2, -0.15) is 0 Å². The number of benzene rings is 1. The lowest BCUT2D eigenvalue weighted by atomic mass is 9.88. The molecule has 1 aromatic carbocycles. The second kappa shape index (κ2) is 7.90. The number of hydrogen-bond acceptors (Lipinski definition) is 1. The Labute approximate surface area is 118 Å². The summed E-state index contributed by atoms with van der Waals surface area (Å²) in [5.41, 5.74) is 6.95. The quantitative estimate of drug-likeness (QED) is 0.777. The van der Waals surface area contributed by atoms with Gasteiger partial charge in [0, 0.05) is 10.5 Å². The minimum Gasteiger partial charge on any atom is -0.327 e. The summed E-state index contributed by atoms with van der Waals surface area (Å²) in [6.07, 6.45) is 5.23. The molecule has 0 aliphatic rings. The minimum absolute atomic E-state index is 0.0530. The van der Waals surface area contributed by atoms with Crippen molar-refractivity contribution in [1.82, 2.24) is 0 Å². The van der Waals surface area contributed by atoms with Crippen LogP contribution < -0.4 is 5.73 Å². The van der Waals surface area contributed by atoms with E-state index in [1.807, 2.05) is 12.1 Å². The Bertz CT molecular complexity index is 368. The van der Waals surface area contributed by atoms with Gasteiger partial charge >= 0.3 is 0 Å². The van der Waals surface area contributed by atoms with E-state index in [1.165, 1.54) is 18.9 Å². The van der Waals surface area contributed by atoms with Crippen molar-refractivity contribution >= 4 is 15.9 Å². The first kappa shape index (κ1) is 15.6. The van der Waals surface area contributed by atoms with E-state index < -0.39 is 0 Å². The number of hydrogen-bond donors (Lipinski definition) is 1. The Kier molecular flexibility index (Phi) is 6.87. The smallest absolute Gasteiger partial charge is 0.127 e. The van der Waals surface area contributed by atoms with E-state index in [0.717, 1.165) is 22.9 Å². The SMILES string of the molecule is CCCCC(CC)C(N)Cc1ccc(Br)cc1F. The Hall–Kier alpha value is -0.410. The molecule has 2 N–H and O–H groups in total. The molecule has 0 aromatic heterocycles. The highest BCUT2D eigenvalue weighted by Gasteiger charge is 2.17. The predicted octanol–water partition coefficient (Wildman–Crippen LogP) is 4.67. The number of rotatable bonds is 7. The van der Waals surface area contributed by atoms with E-state index in [4.69, 9.17) is 5.73 Å². The third kappa shape index (κ3) is 4.69. The normalized spacial score (nSPS) is 14.5. The van der Waals surface area contributed by atoms with Crippen LogP contribution in [0.15, 0.2) is 22.7 Å². The highest BCUT2D eigenvalue weighted by Crippen LogP contribution is 2.21. The van der Waals surface area contributed by atoms with Crippen molar-refractivity contribution in [2.45, 2.75) is 52.0 Å². The number of nitrogens with two attached hydrogens (primary N) is 1. The van der Waals surface area contributed by atoms with Gasteiger partial charge in [0.2, 0.25) is 0 Å². The lowest BCUT2D eigenvalue weighted by Gasteiger charge is -2.22. The van der Waals surface area contributed by atoms with Crippen molar-refractivity contribution in [3.63, 3.8) is 0 Å². The van der Waals surface area contributed by atoms with Crippen LogP contribution >= 0.6 is 15.9 Å². The summed E-state index contributed by atoms with van der Waals surface area (Å²) in [6, 6.07) is 5.26. The minimum atomic E-state index is -0.162. The van der Waals surface area contributed by atoms with Gasteiger partial charge in [-0.1, -0.05) is 55.1 Å².